The summed E-state index contributed by atoms with van der Waals surface area (Å²) in [6.07, 6.45) is 8.52. The number of carbonyl (C=O) groups excluding carboxylic acids is 1. The topological polar surface area (TPSA) is 72.5 Å². The first-order valence-electron chi connectivity index (χ1n) is 14.7. The smallest absolute Gasteiger partial charge is 0.225 e. The minimum Gasteiger partial charge on any atom is -0.457 e. The van der Waals surface area contributed by atoms with Crippen LogP contribution in [0.2, 0.25) is 0 Å². The second-order valence-electron chi connectivity index (χ2n) is 12.6. The van der Waals surface area contributed by atoms with Crippen molar-refractivity contribution < 1.29 is 14.6 Å². The summed E-state index contributed by atoms with van der Waals surface area (Å²) in [7, 11) is 0. The maximum Gasteiger partial charge on any atom is 0.225 e. The summed E-state index contributed by atoms with van der Waals surface area (Å²) in [6, 6.07) is 22.5. The predicted octanol–water partition coefficient (Wildman–Crippen LogP) is 7.75. The molecule has 2 unspecified atom stereocenters. The molecule has 5 rings (SSSR count). The van der Waals surface area contributed by atoms with Crippen LogP contribution in [0.1, 0.15) is 105 Å². The molecule has 206 valence electrons. The molecule has 0 spiro atoms. The number of para-hydroxylation sites is 2. The summed E-state index contributed by atoms with van der Waals surface area (Å²) < 4.78 is 6.24. The number of aliphatic hydroxyl groups is 1. The number of benzene rings is 3. The molecule has 3 aromatic rings. The van der Waals surface area contributed by atoms with Gasteiger partial charge in [0.05, 0.1) is 12.0 Å². The Kier molecular flexibility index (Phi) is 8.13. The highest BCUT2D eigenvalue weighted by atomic mass is 16.5. The number of nitrogens with two attached hydrogens (primary N) is 1. The first-order chi connectivity index (χ1) is 18.7. The van der Waals surface area contributed by atoms with Crippen LogP contribution < -0.4 is 10.5 Å². The number of hydrogen-bond acceptors (Lipinski definition) is 3. The van der Waals surface area contributed by atoms with Crippen LogP contribution in [0.4, 0.5) is 0 Å². The highest BCUT2D eigenvalue weighted by Gasteiger charge is 2.39. The highest BCUT2D eigenvalue weighted by Crippen LogP contribution is 2.51. The number of hydrogen-bond donors (Lipinski definition) is 2. The lowest BCUT2D eigenvalue weighted by Gasteiger charge is -2.35. The van der Waals surface area contributed by atoms with E-state index in [1.165, 1.54) is 32.1 Å². The van der Waals surface area contributed by atoms with Crippen LogP contribution in [0.25, 0.3) is 0 Å². The van der Waals surface area contributed by atoms with E-state index in [9.17, 15) is 9.90 Å². The van der Waals surface area contributed by atoms with E-state index in [2.05, 4.69) is 39.0 Å². The Morgan fingerprint density at radius 1 is 0.949 bits per heavy atom. The Hall–Kier alpha value is -3.11. The Morgan fingerprint density at radius 2 is 1.56 bits per heavy atom. The van der Waals surface area contributed by atoms with Crippen molar-refractivity contribution >= 4 is 5.91 Å². The maximum absolute atomic E-state index is 13.4. The molecule has 1 amide bonds. The van der Waals surface area contributed by atoms with E-state index < -0.39 is 5.92 Å². The fraction of sp³-hybridized carbons (Fsp3) is 0.457. The zero-order chi connectivity index (χ0) is 27.6. The Bertz CT molecular complexity index is 1260. The van der Waals surface area contributed by atoms with Gasteiger partial charge in [-0.2, -0.15) is 0 Å². The van der Waals surface area contributed by atoms with Crippen molar-refractivity contribution in [3.63, 3.8) is 0 Å². The second kappa shape index (κ2) is 11.6. The van der Waals surface area contributed by atoms with Crippen molar-refractivity contribution in [3.8, 4) is 11.5 Å². The molecule has 3 N–H and O–H groups in total. The van der Waals surface area contributed by atoms with Crippen molar-refractivity contribution in [3.05, 3.63) is 94.5 Å². The monoisotopic (exact) mass is 525 g/mol. The van der Waals surface area contributed by atoms with Crippen molar-refractivity contribution in [2.45, 2.75) is 95.5 Å². The minimum atomic E-state index is -0.558. The van der Waals surface area contributed by atoms with Gasteiger partial charge in [-0.05, 0) is 59.4 Å². The average molecular weight is 526 g/mol. The molecule has 0 saturated heterocycles. The molecule has 1 fully saturated rings. The van der Waals surface area contributed by atoms with E-state index in [4.69, 9.17) is 10.5 Å². The number of fused-ring (bicyclic) bond motifs is 2. The molecular formula is C35H43NO3. The number of ether oxygens (including phenoxy) is 1. The van der Waals surface area contributed by atoms with Gasteiger partial charge < -0.3 is 15.6 Å². The van der Waals surface area contributed by atoms with E-state index in [0.29, 0.717) is 5.92 Å². The number of aliphatic hydroxyl groups excluding tert-OH is 1. The molecule has 2 aliphatic rings. The largest absolute Gasteiger partial charge is 0.457 e. The summed E-state index contributed by atoms with van der Waals surface area (Å²) in [5, 5.41) is 10.8. The van der Waals surface area contributed by atoms with Crippen LogP contribution in [-0.4, -0.2) is 17.1 Å². The summed E-state index contributed by atoms with van der Waals surface area (Å²) in [5.41, 5.74) is 11.3. The lowest BCUT2D eigenvalue weighted by Crippen LogP contribution is -2.31. The highest BCUT2D eigenvalue weighted by molar-refractivity contribution is 5.85. The summed E-state index contributed by atoms with van der Waals surface area (Å²) in [5.74, 6) is 1.04. The average Bonchev–Trinajstić information content (AvgIpc) is 2.91. The number of aryl methyl sites for hydroxylation is 1. The van der Waals surface area contributed by atoms with Crippen LogP contribution in [0.5, 0.6) is 11.5 Å². The molecule has 0 bridgehead atoms. The molecule has 1 saturated carbocycles. The van der Waals surface area contributed by atoms with Gasteiger partial charge in [-0.25, -0.2) is 0 Å². The van der Waals surface area contributed by atoms with Gasteiger partial charge in [0.25, 0.3) is 0 Å². The van der Waals surface area contributed by atoms with Crippen LogP contribution >= 0.6 is 0 Å². The minimum absolute atomic E-state index is 0.174. The Labute approximate surface area is 233 Å². The van der Waals surface area contributed by atoms with Crippen molar-refractivity contribution in [1.82, 2.24) is 0 Å². The standard InChI is InChI=1S/C35H43NO3/c1-35(2,3)29-20-18-24(17-19-25(37)21-23-11-5-4-6-12-23)22-28(29)33(34(36)38)32-26-13-7-9-15-30(26)39-31-16-10-8-14-27(31)32/h7-10,13-16,18,20,22-23,25,32-33,37H,4-6,11-12,17,19,21H2,1-3H3,(H2,36,38). The number of rotatable bonds is 8. The summed E-state index contributed by atoms with van der Waals surface area (Å²) in [4.78, 5) is 13.4. The van der Waals surface area contributed by atoms with Gasteiger partial charge in [-0.15, -0.1) is 0 Å². The third-order valence-corrected chi connectivity index (χ3v) is 8.72. The number of primary amides is 1. The quantitative estimate of drug-likeness (QED) is 0.316. The van der Waals surface area contributed by atoms with Crippen molar-refractivity contribution in [2.24, 2.45) is 11.7 Å². The van der Waals surface area contributed by atoms with Gasteiger partial charge in [0.15, 0.2) is 0 Å². The molecule has 0 aromatic heterocycles. The number of amides is 1. The zero-order valence-corrected chi connectivity index (χ0v) is 23.7. The van der Waals surface area contributed by atoms with E-state index >= 15 is 0 Å². The van der Waals surface area contributed by atoms with Gasteiger partial charge >= 0.3 is 0 Å². The van der Waals surface area contributed by atoms with Gasteiger partial charge in [0.1, 0.15) is 11.5 Å². The van der Waals surface area contributed by atoms with E-state index in [1.807, 2.05) is 48.5 Å². The summed E-state index contributed by atoms with van der Waals surface area (Å²) >= 11 is 0. The van der Waals surface area contributed by atoms with E-state index in [0.717, 1.165) is 58.6 Å². The molecule has 39 heavy (non-hydrogen) atoms. The molecular weight excluding hydrogens is 482 g/mol. The zero-order valence-electron chi connectivity index (χ0n) is 23.7. The Morgan fingerprint density at radius 3 is 2.15 bits per heavy atom. The van der Waals surface area contributed by atoms with E-state index in [1.54, 1.807) is 0 Å². The van der Waals surface area contributed by atoms with Gasteiger partial charge in [0.2, 0.25) is 5.91 Å². The normalized spacial score (nSPS) is 17.5. The Balaban J connectivity index is 1.51. The number of carbonyl (C=O) groups is 1. The van der Waals surface area contributed by atoms with Crippen molar-refractivity contribution in [1.29, 1.82) is 0 Å². The molecule has 1 aliphatic heterocycles. The van der Waals surface area contributed by atoms with Gasteiger partial charge in [-0.3, -0.25) is 4.79 Å². The SMILES string of the molecule is CC(C)(C)c1ccc(CCC(O)CC2CCCCC2)cc1C(C(N)=O)C1c2ccccc2Oc2ccccc21. The van der Waals surface area contributed by atoms with Gasteiger partial charge in [-0.1, -0.05) is 107 Å². The van der Waals surface area contributed by atoms with E-state index in [-0.39, 0.29) is 23.3 Å². The molecule has 4 heteroatoms. The van der Waals surface area contributed by atoms with Crippen LogP contribution in [0.3, 0.4) is 0 Å². The fourth-order valence-corrected chi connectivity index (χ4v) is 6.77. The first-order valence-corrected chi connectivity index (χ1v) is 14.7. The lowest BCUT2D eigenvalue weighted by atomic mass is 9.70. The molecule has 0 radical (unpaired) electrons. The molecule has 2 atom stereocenters. The fourth-order valence-electron chi connectivity index (χ4n) is 6.77. The first kappa shape index (κ1) is 27.5. The lowest BCUT2D eigenvalue weighted by molar-refractivity contribution is -0.119. The van der Waals surface area contributed by atoms with Crippen LogP contribution in [0, 0.1) is 5.92 Å². The molecule has 4 nitrogen and oxygen atoms in total. The van der Waals surface area contributed by atoms with Crippen molar-refractivity contribution in [2.75, 3.05) is 0 Å². The second-order valence-corrected chi connectivity index (χ2v) is 12.6. The van der Waals surface area contributed by atoms with Crippen LogP contribution in [-0.2, 0) is 16.6 Å². The summed E-state index contributed by atoms with van der Waals surface area (Å²) in [6.45, 7) is 6.55. The maximum atomic E-state index is 13.4. The molecule has 1 aliphatic carbocycles. The third-order valence-electron chi connectivity index (χ3n) is 8.72. The molecule has 1 heterocycles. The molecule has 3 aromatic carbocycles. The van der Waals surface area contributed by atoms with Crippen LogP contribution in [0.15, 0.2) is 66.7 Å². The predicted molar refractivity (Wildman–Crippen MR) is 157 cm³/mol. The van der Waals surface area contributed by atoms with Gasteiger partial charge in [0, 0.05) is 17.0 Å². The third kappa shape index (κ3) is 6.06.